The number of carbonyl (C=O) groups excluding carboxylic acids is 1. The van der Waals surface area contributed by atoms with E-state index in [1.165, 1.54) is 34.2 Å². The van der Waals surface area contributed by atoms with Crippen LogP contribution in [-0.4, -0.2) is 17.6 Å². The first kappa shape index (κ1) is 20.6. The number of aryl methyl sites for hydroxylation is 1. The summed E-state index contributed by atoms with van der Waals surface area (Å²) < 4.78 is 53.7. The van der Waals surface area contributed by atoms with E-state index in [-0.39, 0.29) is 23.5 Å². The lowest BCUT2D eigenvalue weighted by Crippen LogP contribution is -2.46. The van der Waals surface area contributed by atoms with E-state index >= 15 is 0 Å². The number of aromatic amines is 1. The van der Waals surface area contributed by atoms with E-state index in [4.69, 9.17) is 0 Å². The number of H-pyrrole nitrogens is 1. The second-order valence-electron chi connectivity index (χ2n) is 7.28. The molecule has 2 aromatic carbocycles. The molecular formula is C22H17F4N3O2. The molecule has 1 aliphatic heterocycles. The molecular weight excluding hydrogens is 414 g/mol. The smallest absolute Gasteiger partial charge is 0.329 e. The third-order valence-corrected chi connectivity index (χ3v) is 5.30. The second kappa shape index (κ2) is 7.26. The van der Waals surface area contributed by atoms with E-state index in [0.717, 1.165) is 18.2 Å². The van der Waals surface area contributed by atoms with Crippen molar-refractivity contribution in [3.63, 3.8) is 0 Å². The molecule has 5 nitrogen and oxygen atoms in total. The molecule has 3 aromatic rings. The van der Waals surface area contributed by atoms with Crippen LogP contribution in [0.4, 0.5) is 34.6 Å². The Morgan fingerprint density at radius 3 is 2.32 bits per heavy atom. The summed E-state index contributed by atoms with van der Waals surface area (Å²) in [6.07, 6.45) is -3.20. The van der Waals surface area contributed by atoms with Crippen LogP contribution in [0.3, 0.4) is 0 Å². The fraction of sp³-hybridized carbons (Fsp3) is 0.182. The number of pyridine rings is 1. The highest BCUT2D eigenvalue weighted by Gasteiger charge is 2.37. The summed E-state index contributed by atoms with van der Waals surface area (Å²) in [5, 5.41) is 0. The van der Waals surface area contributed by atoms with Crippen LogP contribution in [0.2, 0.25) is 0 Å². The number of amides is 1. The van der Waals surface area contributed by atoms with Crippen LogP contribution in [0, 0.1) is 19.7 Å². The van der Waals surface area contributed by atoms with E-state index in [1.807, 2.05) is 0 Å². The number of hydrogen-bond acceptors (Lipinski definition) is 3. The standard InChI is InChI=1S/C22H17F4N3O2/c1-12-9-15(23)4-6-17(12)28-11-29(18-7-8-27-20(30)13(18)2)21(31)16-5-3-14(10-19(16)28)22(24,25)26/h3-10H,11H2,1-2H3,(H,27,30). The van der Waals surface area contributed by atoms with Crippen LogP contribution >= 0.6 is 0 Å². The molecule has 1 aromatic heterocycles. The molecule has 0 saturated carbocycles. The summed E-state index contributed by atoms with van der Waals surface area (Å²) in [6.45, 7) is 3.03. The SMILES string of the molecule is Cc1cc(F)ccc1N1CN(c2cc[nH]c(=O)c2C)C(=O)c2ccc(C(F)(F)F)cc21. The van der Waals surface area contributed by atoms with Gasteiger partial charge in [-0.3, -0.25) is 14.5 Å². The number of hydrogen-bond donors (Lipinski definition) is 1. The van der Waals surface area contributed by atoms with Crippen molar-refractivity contribution >= 4 is 23.0 Å². The van der Waals surface area contributed by atoms with Gasteiger partial charge in [-0.05, 0) is 61.9 Å². The second-order valence-corrected chi connectivity index (χ2v) is 7.28. The van der Waals surface area contributed by atoms with Crippen LogP contribution in [0.25, 0.3) is 0 Å². The zero-order valence-electron chi connectivity index (χ0n) is 16.5. The Morgan fingerprint density at radius 2 is 1.65 bits per heavy atom. The number of nitrogens with one attached hydrogen (secondary N) is 1. The average molecular weight is 431 g/mol. The van der Waals surface area contributed by atoms with Crippen molar-refractivity contribution in [1.29, 1.82) is 0 Å². The first-order chi connectivity index (χ1) is 14.6. The van der Waals surface area contributed by atoms with Crippen molar-refractivity contribution < 1.29 is 22.4 Å². The van der Waals surface area contributed by atoms with Gasteiger partial charge in [0.2, 0.25) is 0 Å². The number of halogens is 4. The number of fused-ring (bicyclic) bond motifs is 1. The van der Waals surface area contributed by atoms with Crippen LogP contribution < -0.4 is 15.4 Å². The molecule has 9 heteroatoms. The number of benzene rings is 2. The number of aromatic nitrogens is 1. The van der Waals surface area contributed by atoms with Gasteiger partial charge in [0.15, 0.2) is 0 Å². The Balaban J connectivity index is 1.94. The molecule has 0 radical (unpaired) electrons. The highest BCUT2D eigenvalue weighted by atomic mass is 19.4. The normalized spacial score (nSPS) is 14.1. The maximum atomic E-state index is 13.7. The summed E-state index contributed by atoms with van der Waals surface area (Å²) in [6, 6.07) is 8.36. The minimum Gasteiger partial charge on any atom is -0.329 e. The lowest BCUT2D eigenvalue weighted by Gasteiger charge is -2.39. The molecule has 0 spiro atoms. The fourth-order valence-electron chi connectivity index (χ4n) is 3.69. The van der Waals surface area contributed by atoms with Crippen LogP contribution in [0.5, 0.6) is 0 Å². The molecule has 31 heavy (non-hydrogen) atoms. The Morgan fingerprint density at radius 1 is 0.903 bits per heavy atom. The summed E-state index contributed by atoms with van der Waals surface area (Å²) >= 11 is 0. The van der Waals surface area contributed by atoms with Crippen LogP contribution in [0.15, 0.2) is 53.5 Å². The number of carbonyl (C=O) groups is 1. The average Bonchev–Trinajstić information content (AvgIpc) is 2.70. The minimum atomic E-state index is -4.60. The lowest BCUT2D eigenvalue weighted by molar-refractivity contribution is -0.137. The van der Waals surface area contributed by atoms with E-state index in [2.05, 4.69) is 4.98 Å². The Kier molecular flexibility index (Phi) is 4.83. The zero-order chi connectivity index (χ0) is 22.5. The Hall–Kier alpha value is -3.62. The monoisotopic (exact) mass is 431 g/mol. The summed E-state index contributed by atoms with van der Waals surface area (Å²) in [7, 11) is 0. The van der Waals surface area contributed by atoms with Gasteiger partial charge in [0.1, 0.15) is 12.5 Å². The molecule has 160 valence electrons. The molecule has 1 N–H and O–H groups in total. The Labute approximate surface area is 174 Å². The largest absolute Gasteiger partial charge is 0.416 e. The molecule has 0 unspecified atom stereocenters. The molecule has 4 rings (SSSR count). The molecule has 2 heterocycles. The number of alkyl halides is 3. The lowest BCUT2D eigenvalue weighted by atomic mass is 10.0. The van der Waals surface area contributed by atoms with Gasteiger partial charge in [-0.1, -0.05) is 0 Å². The number of rotatable bonds is 2. The van der Waals surface area contributed by atoms with Gasteiger partial charge in [0.25, 0.3) is 11.5 Å². The van der Waals surface area contributed by atoms with Crippen LogP contribution in [0.1, 0.15) is 27.0 Å². The van der Waals surface area contributed by atoms with E-state index in [0.29, 0.717) is 22.5 Å². The van der Waals surface area contributed by atoms with Crippen LogP contribution in [-0.2, 0) is 6.18 Å². The van der Waals surface area contributed by atoms with Crippen molar-refractivity contribution in [3.05, 3.63) is 87.1 Å². The number of anilines is 3. The molecule has 0 fully saturated rings. The summed E-state index contributed by atoms with van der Waals surface area (Å²) in [5.41, 5.74) is 0.391. The topological polar surface area (TPSA) is 56.4 Å². The fourth-order valence-corrected chi connectivity index (χ4v) is 3.69. The Bertz CT molecular complexity index is 1250. The van der Waals surface area contributed by atoms with Gasteiger partial charge >= 0.3 is 6.18 Å². The molecule has 0 bridgehead atoms. The first-order valence-corrected chi connectivity index (χ1v) is 9.33. The third kappa shape index (κ3) is 3.56. The molecule has 0 saturated heterocycles. The maximum absolute atomic E-state index is 13.7. The van der Waals surface area contributed by atoms with Gasteiger partial charge < -0.3 is 9.88 Å². The van der Waals surface area contributed by atoms with Gasteiger partial charge in [-0.25, -0.2) is 4.39 Å². The molecule has 0 aliphatic carbocycles. The van der Waals surface area contributed by atoms with Crippen molar-refractivity contribution in [2.75, 3.05) is 16.5 Å². The molecule has 1 aliphatic rings. The predicted octanol–water partition coefficient (Wildman–Crippen LogP) is 4.91. The van der Waals surface area contributed by atoms with Crippen molar-refractivity contribution in [3.8, 4) is 0 Å². The summed E-state index contributed by atoms with van der Waals surface area (Å²) in [5.74, 6) is -1.02. The predicted molar refractivity (Wildman–Crippen MR) is 108 cm³/mol. The summed E-state index contributed by atoms with van der Waals surface area (Å²) in [4.78, 5) is 30.6. The molecule has 1 amide bonds. The van der Waals surface area contributed by atoms with Gasteiger partial charge in [0, 0.05) is 17.4 Å². The minimum absolute atomic E-state index is 0.0441. The highest BCUT2D eigenvalue weighted by molar-refractivity contribution is 6.13. The van der Waals surface area contributed by atoms with Gasteiger partial charge in [-0.2, -0.15) is 13.2 Å². The highest BCUT2D eigenvalue weighted by Crippen LogP contribution is 2.40. The molecule has 0 atom stereocenters. The maximum Gasteiger partial charge on any atom is 0.416 e. The van der Waals surface area contributed by atoms with Crippen molar-refractivity contribution in [1.82, 2.24) is 4.98 Å². The first-order valence-electron chi connectivity index (χ1n) is 9.33. The number of nitrogens with zero attached hydrogens (tertiary/aromatic N) is 2. The van der Waals surface area contributed by atoms with E-state index < -0.39 is 23.5 Å². The van der Waals surface area contributed by atoms with E-state index in [1.54, 1.807) is 19.9 Å². The van der Waals surface area contributed by atoms with Gasteiger partial charge in [0.05, 0.1) is 22.5 Å². The third-order valence-electron chi connectivity index (χ3n) is 5.30. The van der Waals surface area contributed by atoms with Gasteiger partial charge in [-0.15, -0.1) is 0 Å². The zero-order valence-corrected chi connectivity index (χ0v) is 16.5. The van der Waals surface area contributed by atoms with Crippen molar-refractivity contribution in [2.24, 2.45) is 0 Å². The quantitative estimate of drug-likeness (QED) is 0.587. The van der Waals surface area contributed by atoms with Crippen molar-refractivity contribution in [2.45, 2.75) is 20.0 Å². The van der Waals surface area contributed by atoms with E-state index in [9.17, 15) is 27.2 Å².